The van der Waals surface area contributed by atoms with Crippen molar-refractivity contribution < 1.29 is 33.3 Å². The molecule has 7 nitrogen and oxygen atoms in total. The summed E-state index contributed by atoms with van der Waals surface area (Å²) in [5.74, 6) is -1.18. The van der Waals surface area contributed by atoms with E-state index < -0.39 is 18.4 Å². The minimum atomic E-state index is -0.838. The maximum atomic E-state index is 12.2. The van der Waals surface area contributed by atoms with Gasteiger partial charge in [-0.2, -0.15) is 0 Å². The average Bonchev–Trinajstić information content (AvgIpc) is 2.89. The van der Waals surface area contributed by atoms with Crippen LogP contribution in [0, 0.1) is 23.7 Å². The first-order valence-electron chi connectivity index (χ1n) is 10.1. The Bertz CT molecular complexity index is 677. The highest BCUT2D eigenvalue weighted by atomic mass is 16.7. The normalized spacial score (nSPS) is 25.9. The lowest BCUT2D eigenvalue weighted by Crippen LogP contribution is -2.36. The van der Waals surface area contributed by atoms with Gasteiger partial charge >= 0.3 is 17.9 Å². The molecule has 4 atom stereocenters. The number of fused-ring (bicyclic) bond motifs is 1. The number of hydrogen-bond acceptors (Lipinski definition) is 7. The molecule has 0 spiro atoms. The molecule has 2 aliphatic rings. The lowest BCUT2D eigenvalue weighted by atomic mass is 9.86. The van der Waals surface area contributed by atoms with E-state index in [-0.39, 0.29) is 48.6 Å². The summed E-state index contributed by atoms with van der Waals surface area (Å²) in [4.78, 5) is 35.6. The van der Waals surface area contributed by atoms with Crippen molar-refractivity contribution >= 4 is 17.9 Å². The van der Waals surface area contributed by atoms with Gasteiger partial charge in [-0.15, -0.1) is 0 Å². The maximum Gasteiger partial charge on any atom is 0.309 e. The van der Waals surface area contributed by atoms with E-state index >= 15 is 0 Å². The Morgan fingerprint density at radius 1 is 1.10 bits per heavy atom. The molecule has 0 bridgehead atoms. The number of ether oxygens (including phenoxy) is 4. The monoisotopic (exact) mass is 408 g/mol. The van der Waals surface area contributed by atoms with Crippen molar-refractivity contribution in [1.82, 2.24) is 0 Å². The van der Waals surface area contributed by atoms with E-state index in [4.69, 9.17) is 18.9 Å². The Balaban J connectivity index is 2.14. The molecule has 1 aliphatic heterocycles. The number of esters is 3. The van der Waals surface area contributed by atoms with Crippen LogP contribution in [-0.4, -0.2) is 36.9 Å². The number of carbonyl (C=O) groups excluding carboxylic acids is 3. The van der Waals surface area contributed by atoms with E-state index in [0.29, 0.717) is 18.4 Å². The van der Waals surface area contributed by atoms with Gasteiger partial charge < -0.3 is 18.9 Å². The maximum absolute atomic E-state index is 12.2. The summed E-state index contributed by atoms with van der Waals surface area (Å²) in [6.45, 7) is 13.3. The molecule has 0 aromatic heterocycles. The predicted molar refractivity (Wildman–Crippen MR) is 105 cm³/mol. The fourth-order valence-corrected chi connectivity index (χ4v) is 3.71. The van der Waals surface area contributed by atoms with Crippen molar-refractivity contribution in [2.45, 2.75) is 66.3 Å². The summed E-state index contributed by atoms with van der Waals surface area (Å²) in [7, 11) is 0. The third-order valence-corrected chi connectivity index (χ3v) is 4.97. The van der Waals surface area contributed by atoms with E-state index in [2.05, 4.69) is 6.58 Å². The minimum absolute atomic E-state index is 0.0828. The van der Waals surface area contributed by atoms with Crippen LogP contribution < -0.4 is 0 Å². The second-order valence-corrected chi connectivity index (χ2v) is 8.58. The van der Waals surface area contributed by atoms with E-state index in [1.54, 1.807) is 0 Å². The molecule has 0 N–H and O–H groups in total. The van der Waals surface area contributed by atoms with Crippen molar-refractivity contribution in [2.75, 3.05) is 6.61 Å². The zero-order valence-electron chi connectivity index (χ0n) is 17.9. The Kier molecular flexibility index (Phi) is 7.88. The number of carbonyl (C=O) groups is 3. The van der Waals surface area contributed by atoms with E-state index in [1.807, 2.05) is 27.7 Å². The van der Waals surface area contributed by atoms with Gasteiger partial charge in [-0.3, -0.25) is 14.4 Å². The number of rotatable bonds is 8. The molecule has 162 valence electrons. The van der Waals surface area contributed by atoms with Gasteiger partial charge in [0.2, 0.25) is 0 Å². The highest BCUT2D eigenvalue weighted by Gasteiger charge is 2.49. The van der Waals surface area contributed by atoms with Crippen molar-refractivity contribution in [3.63, 3.8) is 0 Å². The van der Waals surface area contributed by atoms with Crippen LogP contribution in [0.1, 0.15) is 53.9 Å². The molecule has 1 aliphatic carbocycles. The summed E-state index contributed by atoms with van der Waals surface area (Å²) in [6.07, 6.45) is 1.26. The van der Waals surface area contributed by atoms with Gasteiger partial charge in [-0.05, 0) is 23.8 Å². The molecule has 2 rings (SSSR count). The van der Waals surface area contributed by atoms with Crippen molar-refractivity contribution in [3.05, 3.63) is 24.0 Å². The smallest absolute Gasteiger partial charge is 0.309 e. The zero-order chi connectivity index (χ0) is 21.7. The highest BCUT2D eigenvalue weighted by molar-refractivity contribution is 5.70. The van der Waals surface area contributed by atoms with Gasteiger partial charge in [0.15, 0.2) is 0 Å². The summed E-state index contributed by atoms with van der Waals surface area (Å²) in [6, 6.07) is 0. The highest BCUT2D eigenvalue weighted by Crippen LogP contribution is 2.47. The predicted octanol–water partition coefficient (Wildman–Crippen LogP) is 3.53. The van der Waals surface area contributed by atoms with E-state index in [0.717, 1.165) is 5.57 Å². The van der Waals surface area contributed by atoms with Gasteiger partial charge in [0, 0.05) is 31.3 Å². The van der Waals surface area contributed by atoms with Crippen molar-refractivity contribution in [1.29, 1.82) is 0 Å². The molecule has 7 heteroatoms. The van der Waals surface area contributed by atoms with Crippen LogP contribution in [0.15, 0.2) is 24.0 Å². The molecular formula is C22H32O7. The van der Waals surface area contributed by atoms with Crippen LogP contribution in [-0.2, 0) is 33.3 Å². The molecule has 0 saturated heterocycles. The van der Waals surface area contributed by atoms with Crippen LogP contribution >= 0.6 is 0 Å². The molecule has 0 amide bonds. The van der Waals surface area contributed by atoms with Crippen molar-refractivity contribution in [3.8, 4) is 0 Å². The fourth-order valence-electron chi connectivity index (χ4n) is 3.71. The standard InChI is InChI=1S/C22H32O7/c1-12(2)7-19(24)26-10-16-11-27-22(29-20(25)8-13(3)4)21-14(5)18(9-17(16)21)28-15(6)23/h11-13,17-18,21-22H,5,7-10H2,1-4,6H3. The molecule has 29 heavy (non-hydrogen) atoms. The second kappa shape index (κ2) is 9.94. The average molecular weight is 408 g/mol. The van der Waals surface area contributed by atoms with Gasteiger partial charge in [-0.1, -0.05) is 34.3 Å². The first-order valence-corrected chi connectivity index (χ1v) is 10.1. The fraction of sp³-hybridized carbons (Fsp3) is 0.682. The lowest BCUT2D eigenvalue weighted by molar-refractivity contribution is -0.182. The van der Waals surface area contributed by atoms with Crippen LogP contribution in [0.5, 0.6) is 0 Å². The Hall–Kier alpha value is -2.31. The summed E-state index contributed by atoms with van der Waals surface area (Å²) >= 11 is 0. The zero-order valence-corrected chi connectivity index (χ0v) is 17.9. The Morgan fingerprint density at radius 3 is 2.31 bits per heavy atom. The first kappa shape index (κ1) is 23.0. The molecule has 1 saturated carbocycles. The lowest BCUT2D eigenvalue weighted by Gasteiger charge is -2.33. The Morgan fingerprint density at radius 2 is 1.72 bits per heavy atom. The van der Waals surface area contributed by atoms with Crippen LogP contribution in [0.4, 0.5) is 0 Å². The number of hydrogen-bond donors (Lipinski definition) is 0. The molecular weight excluding hydrogens is 376 g/mol. The summed E-state index contributed by atoms with van der Waals surface area (Å²) in [5, 5.41) is 0. The SMILES string of the molecule is C=C1C(OC(C)=O)CC2C(COC(=O)CC(C)C)=COC(OC(=O)CC(C)C)C12. The van der Waals surface area contributed by atoms with E-state index in [1.165, 1.54) is 13.2 Å². The second-order valence-electron chi connectivity index (χ2n) is 8.58. The summed E-state index contributed by atoms with van der Waals surface area (Å²) < 4.78 is 22.0. The Labute approximate surface area is 172 Å². The first-order chi connectivity index (χ1) is 13.6. The van der Waals surface area contributed by atoms with Crippen molar-refractivity contribution in [2.24, 2.45) is 23.7 Å². The third-order valence-electron chi connectivity index (χ3n) is 4.97. The van der Waals surface area contributed by atoms with Gasteiger partial charge in [0.1, 0.15) is 12.7 Å². The van der Waals surface area contributed by atoms with Gasteiger partial charge in [-0.25, -0.2) is 0 Å². The van der Waals surface area contributed by atoms with Crippen LogP contribution in [0.3, 0.4) is 0 Å². The van der Waals surface area contributed by atoms with E-state index in [9.17, 15) is 14.4 Å². The molecule has 0 aromatic rings. The van der Waals surface area contributed by atoms with Crippen LogP contribution in [0.25, 0.3) is 0 Å². The molecule has 4 unspecified atom stereocenters. The third kappa shape index (κ3) is 6.34. The minimum Gasteiger partial charge on any atom is -0.462 e. The van der Waals surface area contributed by atoms with Crippen LogP contribution in [0.2, 0.25) is 0 Å². The molecule has 0 radical (unpaired) electrons. The largest absolute Gasteiger partial charge is 0.462 e. The quantitative estimate of drug-likeness (QED) is 0.345. The topological polar surface area (TPSA) is 88.1 Å². The molecule has 1 heterocycles. The molecule has 0 aromatic carbocycles. The summed E-state index contributed by atoms with van der Waals surface area (Å²) in [5.41, 5.74) is 1.41. The van der Waals surface area contributed by atoms with Gasteiger partial charge in [0.05, 0.1) is 12.2 Å². The molecule has 1 fully saturated rings. The van der Waals surface area contributed by atoms with Gasteiger partial charge in [0.25, 0.3) is 6.29 Å².